The van der Waals surface area contributed by atoms with Crippen LogP contribution in [0.4, 0.5) is 0 Å². The Morgan fingerprint density at radius 1 is 1.08 bits per heavy atom. The van der Waals surface area contributed by atoms with Gasteiger partial charge in [0.15, 0.2) is 0 Å². The van der Waals surface area contributed by atoms with E-state index < -0.39 is 7.82 Å². The molecule has 0 bridgehead atoms. The molecule has 0 spiro atoms. The molecule has 5 nitrogen and oxygen atoms in total. The maximum absolute atomic E-state index is 8.55. The molecule has 0 amide bonds. The maximum Gasteiger partial charge on any atom is 1.00 e. The van der Waals surface area contributed by atoms with Crippen LogP contribution in [0.5, 0.6) is 0 Å². The van der Waals surface area contributed by atoms with Gasteiger partial charge in [-0.25, -0.2) is 0 Å². The Labute approximate surface area is 139 Å². The van der Waals surface area contributed by atoms with E-state index in [1.807, 2.05) is 13.8 Å². The predicted molar refractivity (Wildman–Crippen MR) is 26.9 cm³/mol. The Morgan fingerprint density at radius 3 is 1.08 bits per heavy atom. The number of rotatable bonds is 0. The second kappa shape index (κ2) is 16.5. The number of hydrogen-bond donors (Lipinski definition) is 1. The summed E-state index contributed by atoms with van der Waals surface area (Å²) in [5, 5.41) is 0. The van der Waals surface area contributed by atoms with Crippen molar-refractivity contribution in [2.24, 2.45) is 5.73 Å². The molecule has 0 radical (unpaired) electrons. The number of nitrogens with two attached hydrogens (primary N) is 1. The fraction of sp³-hybridized carbons (Fsp3) is 1.00. The minimum absolute atomic E-state index is 0. The van der Waals surface area contributed by atoms with Crippen molar-refractivity contribution < 1.29 is 108 Å². The Kier molecular flexibility index (Phi) is 40.4. The topological polar surface area (TPSA) is 112 Å². The zero-order valence-corrected chi connectivity index (χ0v) is 15.1. The summed E-state index contributed by atoms with van der Waals surface area (Å²) in [7, 11) is -5.39. The third kappa shape index (κ3) is 202. The van der Waals surface area contributed by atoms with E-state index in [2.05, 4.69) is 0 Å². The van der Waals surface area contributed by atoms with Crippen molar-refractivity contribution in [1.82, 2.24) is 0 Å². The van der Waals surface area contributed by atoms with Gasteiger partial charge in [0, 0.05) is 0 Å². The van der Waals surface area contributed by atoms with E-state index in [4.69, 9.17) is 25.0 Å². The van der Waals surface area contributed by atoms with Crippen molar-refractivity contribution in [2.45, 2.75) is 19.9 Å². The van der Waals surface area contributed by atoms with Crippen molar-refractivity contribution in [2.75, 3.05) is 0 Å². The summed E-state index contributed by atoms with van der Waals surface area (Å²) in [5.74, 6) is 0. The molecule has 0 aromatic rings. The SMILES string of the molecule is CC(C)N.O=P([O-])([O-])[O-].[Na+].[Na+].[Na+]. The van der Waals surface area contributed by atoms with Gasteiger partial charge in [0.05, 0.1) is 0 Å². The van der Waals surface area contributed by atoms with Crippen molar-refractivity contribution >= 4 is 7.82 Å². The first-order valence-corrected chi connectivity index (χ1v) is 3.68. The van der Waals surface area contributed by atoms with Crippen LogP contribution in [-0.2, 0) is 4.57 Å². The molecule has 0 aliphatic rings. The summed E-state index contributed by atoms with van der Waals surface area (Å²) in [6.07, 6.45) is 0. The average molecular weight is 223 g/mol. The van der Waals surface area contributed by atoms with E-state index in [0.29, 0.717) is 6.04 Å². The molecule has 0 saturated heterocycles. The van der Waals surface area contributed by atoms with Gasteiger partial charge in [-0.15, -0.1) is 0 Å². The van der Waals surface area contributed by atoms with Crippen LogP contribution >= 0.6 is 7.82 Å². The molecule has 0 fully saturated rings. The summed E-state index contributed by atoms with van der Waals surface area (Å²) in [5.41, 5.74) is 5.11. The summed E-state index contributed by atoms with van der Waals surface area (Å²) in [6.45, 7) is 3.89. The van der Waals surface area contributed by atoms with Gasteiger partial charge in [0.25, 0.3) is 0 Å². The molecular weight excluding hydrogens is 214 g/mol. The van der Waals surface area contributed by atoms with Gasteiger partial charge in [-0.1, -0.05) is 13.8 Å². The summed E-state index contributed by atoms with van der Waals surface area (Å²) in [6, 6.07) is 0.333. The zero-order valence-electron chi connectivity index (χ0n) is 8.23. The predicted octanol–water partition coefficient (Wildman–Crippen LogP) is -11.5. The third-order valence-electron chi connectivity index (χ3n) is 0. The smallest absolute Gasteiger partial charge is 0.822 e. The largest absolute Gasteiger partial charge is 1.00 e. The van der Waals surface area contributed by atoms with E-state index in [0.717, 1.165) is 0 Å². The van der Waals surface area contributed by atoms with Crippen LogP contribution in [-0.4, -0.2) is 6.04 Å². The molecule has 0 aromatic carbocycles. The molecule has 0 saturated carbocycles. The van der Waals surface area contributed by atoms with Crippen LogP contribution in [0.25, 0.3) is 0 Å². The van der Waals surface area contributed by atoms with Crippen LogP contribution < -0.4 is 109 Å². The van der Waals surface area contributed by atoms with Crippen molar-refractivity contribution in [1.29, 1.82) is 0 Å². The number of hydrogen-bond acceptors (Lipinski definition) is 5. The minimum atomic E-state index is -5.39. The quantitative estimate of drug-likeness (QED) is 0.323. The molecule has 0 heterocycles. The van der Waals surface area contributed by atoms with E-state index in [-0.39, 0.29) is 88.7 Å². The van der Waals surface area contributed by atoms with E-state index >= 15 is 0 Å². The maximum atomic E-state index is 8.55. The third-order valence-corrected chi connectivity index (χ3v) is 0. The average Bonchev–Trinajstić information content (AvgIpc) is 1.19. The van der Waals surface area contributed by atoms with Crippen LogP contribution in [0.1, 0.15) is 13.8 Å². The van der Waals surface area contributed by atoms with Gasteiger partial charge in [-0.05, 0) is 6.04 Å². The minimum Gasteiger partial charge on any atom is -0.822 e. The molecule has 0 unspecified atom stereocenters. The van der Waals surface area contributed by atoms with E-state index in [1.165, 1.54) is 0 Å². The normalized spacial score (nSPS) is 7.92. The first-order valence-electron chi connectivity index (χ1n) is 2.22. The molecule has 58 valence electrons. The van der Waals surface area contributed by atoms with Crippen LogP contribution in [0, 0.1) is 0 Å². The van der Waals surface area contributed by atoms with Gasteiger partial charge in [-0.2, -0.15) is 7.82 Å². The Bertz CT molecular complexity index is 96.7. The van der Waals surface area contributed by atoms with Gasteiger partial charge in [0.1, 0.15) is 0 Å². The second-order valence-corrected chi connectivity index (χ2v) is 2.59. The summed E-state index contributed by atoms with van der Waals surface area (Å²) in [4.78, 5) is 25.6. The van der Waals surface area contributed by atoms with Crippen LogP contribution in [0.2, 0.25) is 0 Å². The van der Waals surface area contributed by atoms with Crippen molar-refractivity contribution in [3.63, 3.8) is 0 Å². The molecular formula is C3H9NNa3O4P. The molecule has 0 atom stereocenters. The van der Waals surface area contributed by atoms with Gasteiger partial charge < -0.3 is 25.0 Å². The first-order chi connectivity index (χ1) is 3.73. The first kappa shape index (κ1) is 29.4. The fourth-order valence-electron chi connectivity index (χ4n) is 0. The monoisotopic (exact) mass is 223 g/mol. The number of phosphoric acid groups is 1. The van der Waals surface area contributed by atoms with Crippen molar-refractivity contribution in [3.8, 4) is 0 Å². The fourth-order valence-corrected chi connectivity index (χ4v) is 0. The Hall–Kier alpha value is 3.07. The summed E-state index contributed by atoms with van der Waals surface area (Å²) >= 11 is 0. The van der Waals surface area contributed by atoms with E-state index in [1.54, 1.807) is 0 Å². The second-order valence-electron chi connectivity index (χ2n) is 1.69. The van der Waals surface area contributed by atoms with Gasteiger partial charge in [-0.3, -0.25) is 0 Å². The molecule has 0 aliphatic carbocycles. The zero-order chi connectivity index (χ0) is 8.08. The standard InChI is InChI=1S/C3H9N.3Na.H3O4P/c1-3(2)4;;;;1-5(2,3)4/h3H,4H2,1-2H3;;;;(H3,1,2,3,4)/q;3*+1;/p-3. The molecule has 12 heavy (non-hydrogen) atoms. The molecule has 2 N–H and O–H groups in total. The molecule has 0 aromatic heterocycles. The molecule has 0 rings (SSSR count). The molecule has 9 heteroatoms. The van der Waals surface area contributed by atoms with Gasteiger partial charge in [0.2, 0.25) is 0 Å². The van der Waals surface area contributed by atoms with Crippen molar-refractivity contribution in [3.05, 3.63) is 0 Å². The Balaban J connectivity index is -0.0000000221. The van der Waals surface area contributed by atoms with Crippen LogP contribution in [0.3, 0.4) is 0 Å². The molecule has 0 aliphatic heterocycles. The van der Waals surface area contributed by atoms with Gasteiger partial charge >= 0.3 is 88.7 Å². The Morgan fingerprint density at radius 2 is 1.08 bits per heavy atom. The van der Waals surface area contributed by atoms with Crippen LogP contribution in [0.15, 0.2) is 0 Å². The van der Waals surface area contributed by atoms with E-state index in [9.17, 15) is 0 Å². The summed E-state index contributed by atoms with van der Waals surface area (Å²) < 4.78 is 8.55.